The second kappa shape index (κ2) is 5.97. The molecule has 0 atom stereocenters. The van der Waals surface area contributed by atoms with Gasteiger partial charge in [0, 0.05) is 18.0 Å². The summed E-state index contributed by atoms with van der Waals surface area (Å²) in [5, 5.41) is 25.8. The third-order valence-electron chi connectivity index (χ3n) is 3.58. The van der Waals surface area contributed by atoms with E-state index < -0.39 is 0 Å². The van der Waals surface area contributed by atoms with Crippen molar-refractivity contribution in [2.24, 2.45) is 0 Å². The van der Waals surface area contributed by atoms with Crippen molar-refractivity contribution < 1.29 is 0 Å². The van der Waals surface area contributed by atoms with Crippen LogP contribution in [0, 0.1) is 22.7 Å². The monoisotopic (exact) mass is 294 g/mol. The van der Waals surface area contributed by atoms with Gasteiger partial charge in [-0.05, 0) is 36.2 Å². The highest BCUT2D eigenvalue weighted by Crippen LogP contribution is 2.34. The van der Waals surface area contributed by atoms with E-state index in [0.29, 0.717) is 12.1 Å². The highest BCUT2D eigenvalue weighted by Gasteiger charge is 2.20. The van der Waals surface area contributed by atoms with Crippen LogP contribution >= 0.6 is 11.3 Å². The Hall–Kier alpha value is -2.34. The Bertz CT molecular complexity index is 731. The van der Waals surface area contributed by atoms with E-state index in [2.05, 4.69) is 22.8 Å². The van der Waals surface area contributed by atoms with Gasteiger partial charge in [-0.1, -0.05) is 12.1 Å². The minimum absolute atomic E-state index is 0.660. The molecule has 1 aliphatic rings. The quantitative estimate of drug-likeness (QED) is 0.913. The van der Waals surface area contributed by atoms with Crippen LogP contribution in [0.25, 0.3) is 0 Å². The van der Waals surface area contributed by atoms with Gasteiger partial charge >= 0.3 is 0 Å². The van der Waals surface area contributed by atoms with E-state index >= 15 is 0 Å². The number of hydrogen-bond acceptors (Lipinski definition) is 5. The van der Waals surface area contributed by atoms with Gasteiger partial charge in [-0.2, -0.15) is 10.5 Å². The molecule has 2 heterocycles. The fraction of sp³-hybridized carbons (Fsp3) is 0.250. The van der Waals surface area contributed by atoms with E-state index in [1.807, 2.05) is 24.3 Å². The van der Waals surface area contributed by atoms with Gasteiger partial charge in [0.25, 0.3) is 0 Å². The first-order chi connectivity index (χ1) is 10.3. The van der Waals surface area contributed by atoms with Gasteiger partial charge in [-0.3, -0.25) is 0 Å². The molecule has 2 N–H and O–H groups in total. The molecule has 104 valence electrons. The van der Waals surface area contributed by atoms with Crippen LogP contribution in [0.4, 0.5) is 5.00 Å². The van der Waals surface area contributed by atoms with E-state index in [1.165, 1.54) is 10.4 Å². The number of nitriles is 2. The van der Waals surface area contributed by atoms with E-state index in [1.54, 1.807) is 11.3 Å². The van der Waals surface area contributed by atoms with Crippen LogP contribution in [0.5, 0.6) is 0 Å². The van der Waals surface area contributed by atoms with Crippen LogP contribution in [0.1, 0.15) is 27.1 Å². The molecular formula is C16H14N4S. The van der Waals surface area contributed by atoms with Gasteiger partial charge in [-0.25, -0.2) is 0 Å². The predicted molar refractivity (Wildman–Crippen MR) is 82.9 cm³/mol. The molecule has 5 heteroatoms. The van der Waals surface area contributed by atoms with Gasteiger partial charge in [0.2, 0.25) is 0 Å². The summed E-state index contributed by atoms with van der Waals surface area (Å²) in [4.78, 5) is 1.26. The summed E-state index contributed by atoms with van der Waals surface area (Å²) in [5.41, 5.74) is 3.75. The smallest absolute Gasteiger partial charge is 0.107 e. The summed E-state index contributed by atoms with van der Waals surface area (Å²) in [6.07, 6.45) is 0.924. The van der Waals surface area contributed by atoms with Gasteiger partial charge < -0.3 is 10.6 Å². The Labute approximate surface area is 127 Å². The molecule has 3 rings (SSSR count). The Morgan fingerprint density at radius 3 is 2.71 bits per heavy atom. The normalized spacial score (nSPS) is 13.0. The van der Waals surface area contributed by atoms with Crippen molar-refractivity contribution in [1.29, 1.82) is 10.5 Å². The van der Waals surface area contributed by atoms with E-state index in [0.717, 1.165) is 35.6 Å². The van der Waals surface area contributed by atoms with Gasteiger partial charge in [0.15, 0.2) is 0 Å². The molecule has 0 saturated carbocycles. The first-order valence-corrected chi connectivity index (χ1v) is 7.61. The molecule has 0 amide bonds. The maximum atomic E-state index is 9.39. The van der Waals surface area contributed by atoms with E-state index in [-0.39, 0.29) is 0 Å². The highest BCUT2D eigenvalue weighted by molar-refractivity contribution is 7.16. The maximum Gasteiger partial charge on any atom is 0.107 e. The van der Waals surface area contributed by atoms with Crippen LogP contribution in [0.2, 0.25) is 0 Å². The summed E-state index contributed by atoms with van der Waals surface area (Å²) >= 11 is 1.66. The minimum Gasteiger partial charge on any atom is -0.372 e. The molecule has 21 heavy (non-hydrogen) atoms. The molecule has 0 unspecified atom stereocenters. The number of benzene rings is 1. The highest BCUT2D eigenvalue weighted by atomic mass is 32.1. The molecule has 0 fully saturated rings. The number of nitrogens with one attached hydrogen (secondary N) is 2. The standard InChI is InChI=1S/C16H14N4S/c17-7-11-1-3-12(4-2-11)9-20-16-14(8-18)13-5-6-19-10-15(13)21-16/h1-4,19-20H,5-6,9-10H2. The first kappa shape index (κ1) is 13.6. The molecule has 1 aliphatic heterocycles. The first-order valence-electron chi connectivity index (χ1n) is 6.80. The molecule has 1 aromatic heterocycles. The molecule has 0 spiro atoms. The lowest BCUT2D eigenvalue weighted by molar-refractivity contribution is 0.654. The largest absolute Gasteiger partial charge is 0.372 e. The summed E-state index contributed by atoms with van der Waals surface area (Å²) in [5.74, 6) is 0. The van der Waals surface area contributed by atoms with Crippen molar-refractivity contribution in [3.63, 3.8) is 0 Å². The molecule has 0 bridgehead atoms. The topological polar surface area (TPSA) is 71.6 Å². The number of anilines is 1. The number of fused-ring (bicyclic) bond motifs is 1. The van der Waals surface area contributed by atoms with E-state index in [4.69, 9.17) is 5.26 Å². The summed E-state index contributed by atoms with van der Waals surface area (Å²) in [7, 11) is 0. The second-order valence-corrected chi connectivity index (χ2v) is 6.01. The lowest BCUT2D eigenvalue weighted by atomic mass is 10.0. The number of rotatable bonds is 3. The molecule has 4 nitrogen and oxygen atoms in total. The molecular weight excluding hydrogens is 280 g/mol. The average Bonchev–Trinajstić information content (AvgIpc) is 2.91. The van der Waals surface area contributed by atoms with Crippen LogP contribution < -0.4 is 10.6 Å². The lowest BCUT2D eigenvalue weighted by Crippen LogP contribution is -2.22. The molecule has 2 aromatic rings. The summed E-state index contributed by atoms with van der Waals surface area (Å²) in [6.45, 7) is 2.45. The van der Waals surface area contributed by atoms with Crippen molar-refractivity contribution in [2.45, 2.75) is 19.5 Å². The van der Waals surface area contributed by atoms with Gasteiger partial charge in [-0.15, -0.1) is 11.3 Å². The SMILES string of the molecule is N#Cc1ccc(CNc2sc3c(c2C#N)CCNC3)cc1. The molecule has 1 aromatic carbocycles. The summed E-state index contributed by atoms with van der Waals surface area (Å²) < 4.78 is 0. The van der Waals surface area contributed by atoms with Gasteiger partial charge in [0.05, 0.1) is 17.2 Å². The number of thiophene rings is 1. The molecule has 0 saturated heterocycles. The van der Waals surface area contributed by atoms with E-state index in [9.17, 15) is 5.26 Å². The Balaban J connectivity index is 1.77. The lowest BCUT2D eigenvalue weighted by Gasteiger charge is -2.11. The molecule has 0 aliphatic carbocycles. The fourth-order valence-corrected chi connectivity index (χ4v) is 3.62. The predicted octanol–water partition coefficient (Wildman–Crippen LogP) is 2.75. The van der Waals surface area contributed by atoms with Crippen molar-refractivity contribution in [1.82, 2.24) is 5.32 Å². The van der Waals surface area contributed by atoms with Crippen molar-refractivity contribution in [2.75, 3.05) is 11.9 Å². The van der Waals surface area contributed by atoms with Gasteiger partial charge in [0.1, 0.15) is 11.1 Å². The van der Waals surface area contributed by atoms with Crippen LogP contribution in [0.15, 0.2) is 24.3 Å². The zero-order chi connectivity index (χ0) is 14.7. The Kier molecular flexibility index (Phi) is 3.87. The summed E-state index contributed by atoms with van der Waals surface area (Å²) in [6, 6.07) is 11.9. The van der Waals surface area contributed by atoms with Crippen LogP contribution in [0.3, 0.4) is 0 Å². The minimum atomic E-state index is 0.660. The maximum absolute atomic E-state index is 9.39. The second-order valence-electron chi connectivity index (χ2n) is 4.91. The third-order valence-corrected chi connectivity index (χ3v) is 4.77. The average molecular weight is 294 g/mol. The fourth-order valence-electron chi connectivity index (χ4n) is 2.46. The van der Waals surface area contributed by atoms with Crippen molar-refractivity contribution in [3.8, 4) is 12.1 Å². The van der Waals surface area contributed by atoms with Crippen molar-refractivity contribution in [3.05, 3.63) is 51.4 Å². The van der Waals surface area contributed by atoms with Crippen LogP contribution in [-0.4, -0.2) is 6.54 Å². The zero-order valence-corrected chi connectivity index (χ0v) is 12.3. The van der Waals surface area contributed by atoms with Crippen molar-refractivity contribution >= 4 is 16.3 Å². The Morgan fingerprint density at radius 1 is 1.19 bits per heavy atom. The molecule has 0 radical (unpaired) electrons. The Morgan fingerprint density at radius 2 is 2.00 bits per heavy atom. The van der Waals surface area contributed by atoms with Crippen LogP contribution in [-0.2, 0) is 19.5 Å². The number of hydrogen-bond donors (Lipinski definition) is 2. The number of nitrogens with zero attached hydrogens (tertiary/aromatic N) is 2. The third kappa shape index (κ3) is 2.75. The zero-order valence-electron chi connectivity index (χ0n) is 11.4.